The van der Waals surface area contributed by atoms with Crippen LogP contribution in [0.2, 0.25) is 5.02 Å². The van der Waals surface area contributed by atoms with Gasteiger partial charge in [0.25, 0.3) is 5.69 Å². The van der Waals surface area contributed by atoms with Crippen LogP contribution in [0.1, 0.15) is 11.1 Å². The Morgan fingerprint density at radius 3 is 2.75 bits per heavy atom. The first kappa shape index (κ1) is 14.1. The van der Waals surface area contributed by atoms with Gasteiger partial charge in [0.2, 0.25) is 0 Å². The second-order valence-corrected chi connectivity index (χ2v) is 4.82. The molecule has 0 amide bonds. The predicted molar refractivity (Wildman–Crippen MR) is 78.3 cm³/mol. The Bertz CT molecular complexity index is 659. The lowest BCUT2D eigenvalue weighted by Gasteiger charge is -2.11. The molecule has 0 radical (unpaired) electrons. The number of halogens is 1. The van der Waals surface area contributed by atoms with E-state index in [1.165, 1.54) is 18.2 Å². The van der Waals surface area contributed by atoms with Gasteiger partial charge in [0, 0.05) is 35.0 Å². The molecular formula is C14H13ClN2O3. The Balaban J connectivity index is 2.20. The van der Waals surface area contributed by atoms with Crippen molar-refractivity contribution in [2.75, 3.05) is 5.32 Å². The Morgan fingerprint density at radius 2 is 2.05 bits per heavy atom. The average Bonchev–Trinajstić information content (AvgIpc) is 2.41. The molecule has 0 saturated carbocycles. The SMILES string of the molecule is Cc1ccc([N+](=O)[O-])cc1NCc1cc(Cl)ccc1O. The molecule has 2 aromatic carbocycles. The quantitative estimate of drug-likeness (QED) is 0.662. The maximum atomic E-state index is 10.8. The van der Waals surface area contributed by atoms with Crippen molar-refractivity contribution in [3.8, 4) is 5.75 Å². The number of non-ortho nitro benzene ring substituents is 1. The lowest BCUT2D eigenvalue weighted by atomic mass is 10.1. The molecule has 0 aliphatic carbocycles. The van der Waals surface area contributed by atoms with Crippen molar-refractivity contribution in [1.29, 1.82) is 0 Å². The molecule has 2 N–H and O–H groups in total. The van der Waals surface area contributed by atoms with Crippen LogP contribution in [0.3, 0.4) is 0 Å². The zero-order valence-electron chi connectivity index (χ0n) is 10.8. The van der Waals surface area contributed by atoms with Crippen LogP contribution in [0.5, 0.6) is 5.75 Å². The van der Waals surface area contributed by atoms with Gasteiger partial charge in [0.05, 0.1) is 4.92 Å². The van der Waals surface area contributed by atoms with Gasteiger partial charge < -0.3 is 10.4 Å². The number of rotatable bonds is 4. The van der Waals surface area contributed by atoms with Gasteiger partial charge in [0.1, 0.15) is 5.75 Å². The molecule has 104 valence electrons. The first-order chi connectivity index (χ1) is 9.47. The number of aromatic hydroxyl groups is 1. The molecule has 2 rings (SSSR count). The number of anilines is 1. The first-order valence-electron chi connectivity index (χ1n) is 5.93. The van der Waals surface area contributed by atoms with Crippen molar-refractivity contribution >= 4 is 23.0 Å². The van der Waals surface area contributed by atoms with Crippen LogP contribution in [0, 0.1) is 17.0 Å². The fourth-order valence-electron chi connectivity index (χ4n) is 1.80. The summed E-state index contributed by atoms with van der Waals surface area (Å²) < 4.78 is 0. The summed E-state index contributed by atoms with van der Waals surface area (Å²) in [6.45, 7) is 2.18. The molecule has 0 aromatic heterocycles. The molecule has 6 heteroatoms. The number of aryl methyl sites for hydroxylation is 1. The van der Waals surface area contributed by atoms with E-state index in [1.54, 1.807) is 18.2 Å². The number of phenols is 1. The molecule has 0 spiro atoms. The molecule has 20 heavy (non-hydrogen) atoms. The number of nitrogens with zero attached hydrogens (tertiary/aromatic N) is 1. The minimum Gasteiger partial charge on any atom is -0.508 e. The van der Waals surface area contributed by atoms with Crippen LogP contribution >= 0.6 is 11.6 Å². The van der Waals surface area contributed by atoms with Crippen LogP contribution in [0.4, 0.5) is 11.4 Å². The molecule has 0 heterocycles. The molecule has 0 fully saturated rings. The van der Waals surface area contributed by atoms with Crippen molar-refractivity contribution in [2.24, 2.45) is 0 Å². The number of hydrogen-bond acceptors (Lipinski definition) is 4. The highest BCUT2D eigenvalue weighted by atomic mass is 35.5. The van der Waals surface area contributed by atoms with Gasteiger partial charge in [-0.05, 0) is 30.7 Å². The molecule has 2 aromatic rings. The van der Waals surface area contributed by atoms with Crippen LogP contribution in [0.25, 0.3) is 0 Å². The van der Waals surface area contributed by atoms with Gasteiger partial charge in [-0.25, -0.2) is 0 Å². The lowest BCUT2D eigenvalue weighted by molar-refractivity contribution is -0.384. The minimum atomic E-state index is -0.443. The van der Waals surface area contributed by atoms with E-state index in [0.29, 0.717) is 22.8 Å². The average molecular weight is 293 g/mol. The highest BCUT2D eigenvalue weighted by Crippen LogP contribution is 2.25. The summed E-state index contributed by atoms with van der Waals surface area (Å²) in [7, 11) is 0. The third kappa shape index (κ3) is 3.19. The summed E-state index contributed by atoms with van der Waals surface area (Å²) in [6, 6.07) is 9.36. The van der Waals surface area contributed by atoms with Gasteiger partial charge in [-0.1, -0.05) is 17.7 Å². The second kappa shape index (κ2) is 5.79. The van der Waals surface area contributed by atoms with E-state index in [1.807, 2.05) is 6.92 Å². The van der Waals surface area contributed by atoms with Crippen molar-refractivity contribution in [3.63, 3.8) is 0 Å². The van der Waals surface area contributed by atoms with Crippen molar-refractivity contribution in [3.05, 3.63) is 62.7 Å². The van der Waals surface area contributed by atoms with E-state index in [4.69, 9.17) is 11.6 Å². The molecule has 0 aliphatic rings. The summed E-state index contributed by atoms with van der Waals surface area (Å²) >= 11 is 5.87. The van der Waals surface area contributed by atoms with Gasteiger partial charge in [-0.15, -0.1) is 0 Å². The predicted octanol–water partition coefficient (Wildman–Crippen LogP) is 3.87. The first-order valence-corrected chi connectivity index (χ1v) is 6.31. The van der Waals surface area contributed by atoms with Crippen LogP contribution < -0.4 is 5.32 Å². The second-order valence-electron chi connectivity index (χ2n) is 4.38. The van der Waals surface area contributed by atoms with Crippen LogP contribution in [-0.2, 0) is 6.54 Å². The van der Waals surface area contributed by atoms with E-state index in [9.17, 15) is 15.2 Å². The fraction of sp³-hybridized carbons (Fsp3) is 0.143. The highest BCUT2D eigenvalue weighted by molar-refractivity contribution is 6.30. The maximum absolute atomic E-state index is 10.8. The van der Waals surface area contributed by atoms with Crippen LogP contribution in [-0.4, -0.2) is 10.0 Å². The summed E-state index contributed by atoms with van der Waals surface area (Å²) in [5, 5.41) is 24.1. The molecule has 5 nitrogen and oxygen atoms in total. The summed E-state index contributed by atoms with van der Waals surface area (Å²) in [5.41, 5.74) is 2.19. The zero-order chi connectivity index (χ0) is 14.7. The maximum Gasteiger partial charge on any atom is 0.271 e. The van der Waals surface area contributed by atoms with Crippen LogP contribution in [0.15, 0.2) is 36.4 Å². The molecular weight excluding hydrogens is 280 g/mol. The van der Waals surface area contributed by atoms with E-state index >= 15 is 0 Å². The van der Waals surface area contributed by atoms with E-state index in [-0.39, 0.29) is 11.4 Å². The van der Waals surface area contributed by atoms with Crippen molar-refractivity contribution in [1.82, 2.24) is 0 Å². The van der Waals surface area contributed by atoms with Gasteiger partial charge >= 0.3 is 0 Å². The van der Waals surface area contributed by atoms with Gasteiger partial charge in [-0.3, -0.25) is 10.1 Å². The highest BCUT2D eigenvalue weighted by Gasteiger charge is 2.09. The smallest absolute Gasteiger partial charge is 0.271 e. The third-order valence-electron chi connectivity index (χ3n) is 2.94. The Labute approximate surface area is 121 Å². The minimum absolute atomic E-state index is 0.0217. The normalized spacial score (nSPS) is 10.3. The number of nitrogens with one attached hydrogen (secondary N) is 1. The zero-order valence-corrected chi connectivity index (χ0v) is 11.5. The molecule has 0 atom stereocenters. The third-order valence-corrected chi connectivity index (χ3v) is 3.18. The molecule has 0 saturated heterocycles. The Hall–Kier alpha value is -2.27. The Kier molecular flexibility index (Phi) is 4.10. The van der Waals surface area contributed by atoms with Gasteiger partial charge in [-0.2, -0.15) is 0 Å². The summed E-state index contributed by atoms with van der Waals surface area (Å²) in [6.07, 6.45) is 0. The Morgan fingerprint density at radius 1 is 1.30 bits per heavy atom. The number of phenolic OH excluding ortho intramolecular Hbond substituents is 1. The number of benzene rings is 2. The molecule has 0 bridgehead atoms. The van der Waals surface area contributed by atoms with Crippen molar-refractivity contribution in [2.45, 2.75) is 13.5 Å². The summed E-state index contributed by atoms with van der Waals surface area (Å²) in [4.78, 5) is 10.3. The van der Waals surface area contributed by atoms with Gasteiger partial charge in [0.15, 0.2) is 0 Å². The topological polar surface area (TPSA) is 75.4 Å². The monoisotopic (exact) mass is 292 g/mol. The standard InChI is InChI=1S/C14H13ClN2O3/c1-9-2-4-12(17(19)20)7-13(9)16-8-10-6-11(15)3-5-14(10)18/h2-7,16,18H,8H2,1H3. The summed E-state index contributed by atoms with van der Waals surface area (Å²) in [5.74, 6) is 0.130. The van der Waals surface area contributed by atoms with E-state index in [0.717, 1.165) is 5.56 Å². The van der Waals surface area contributed by atoms with E-state index < -0.39 is 4.92 Å². The molecule has 0 aliphatic heterocycles. The molecule has 0 unspecified atom stereocenters. The lowest BCUT2D eigenvalue weighted by Crippen LogP contribution is -2.02. The largest absolute Gasteiger partial charge is 0.508 e. The number of hydrogen-bond donors (Lipinski definition) is 2. The number of nitro benzene ring substituents is 1. The fourth-order valence-corrected chi connectivity index (χ4v) is 1.99. The van der Waals surface area contributed by atoms with E-state index in [2.05, 4.69) is 5.32 Å². The van der Waals surface area contributed by atoms with Crippen molar-refractivity contribution < 1.29 is 10.0 Å². The number of nitro groups is 1.